The van der Waals surface area contributed by atoms with E-state index in [2.05, 4.69) is 5.32 Å². The van der Waals surface area contributed by atoms with Gasteiger partial charge in [-0.05, 0) is 55.8 Å². The molecule has 0 bridgehead atoms. The zero-order valence-electron chi connectivity index (χ0n) is 19.9. The molecule has 11 heteroatoms. The van der Waals surface area contributed by atoms with Crippen LogP contribution in [-0.4, -0.2) is 76.8 Å². The van der Waals surface area contributed by atoms with Gasteiger partial charge in [0.25, 0.3) is 5.91 Å². The standard InChI is InChI=1S/C24H29N3O7S/c1-4-34-24(30)20-6-5-7-21(17(20)2)25-22(28)16-27(35(3,31)32)19-10-8-18(9-11-19)23(29)26-12-14-33-15-13-26/h5-11H,4,12-16H2,1-3H3,(H,25,28). The fourth-order valence-electron chi connectivity index (χ4n) is 3.64. The Balaban J connectivity index is 1.75. The fourth-order valence-corrected chi connectivity index (χ4v) is 4.50. The number of morpholine rings is 1. The van der Waals surface area contributed by atoms with E-state index in [0.29, 0.717) is 48.7 Å². The Morgan fingerprint density at radius 2 is 1.74 bits per heavy atom. The quantitative estimate of drug-likeness (QED) is 0.547. The molecule has 0 spiro atoms. The molecule has 3 rings (SSSR count). The first kappa shape index (κ1) is 26.2. The van der Waals surface area contributed by atoms with Crippen molar-refractivity contribution in [3.05, 3.63) is 59.2 Å². The molecule has 2 aromatic carbocycles. The van der Waals surface area contributed by atoms with Gasteiger partial charge in [0, 0.05) is 24.3 Å². The molecule has 0 aromatic heterocycles. The van der Waals surface area contributed by atoms with Gasteiger partial charge in [0.1, 0.15) is 6.54 Å². The van der Waals surface area contributed by atoms with Crippen LogP contribution in [0.15, 0.2) is 42.5 Å². The minimum Gasteiger partial charge on any atom is -0.462 e. The number of hydrogen-bond acceptors (Lipinski definition) is 7. The van der Waals surface area contributed by atoms with Crippen LogP contribution in [0, 0.1) is 6.92 Å². The Morgan fingerprint density at radius 1 is 1.09 bits per heavy atom. The number of rotatable bonds is 8. The van der Waals surface area contributed by atoms with Crippen LogP contribution < -0.4 is 9.62 Å². The van der Waals surface area contributed by atoms with Crippen molar-refractivity contribution in [1.29, 1.82) is 0 Å². The van der Waals surface area contributed by atoms with Gasteiger partial charge >= 0.3 is 5.97 Å². The average molecular weight is 504 g/mol. The van der Waals surface area contributed by atoms with Crippen molar-refractivity contribution in [1.82, 2.24) is 4.90 Å². The van der Waals surface area contributed by atoms with E-state index in [-0.39, 0.29) is 18.2 Å². The third kappa shape index (κ3) is 6.58. The van der Waals surface area contributed by atoms with E-state index < -0.39 is 28.4 Å². The lowest BCUT2D eigenvalue weighted by molar-refractivity contribution is -0.114. The Bertz CT molecular complexity index is 1190. The van der Waals surface area contributed by atoms with Crippen molar-refractivity contribution in [3.8, 4) is 0 Å². The molecular weight excluding hydrogens is 474 g/mol. The largest absolute Gasteiger partial charge is 0.462 e. The van der Waals surface area contributed by atoms with E-state index in [1.165, 1.54) is 24.3 Å². The van der Waals surface area contributed by atoms with E-state index in [1.807, 2.05) is 0 Å². The lowest BCUT2D eigenvalue weighted by Gasteiger charge is -2.27. The van der Waals surface area contributed by atoms with Gasteiger partial charge in [-0.25, -0.2) is 13.2 Å². The van der Waals surface area contributed by atoms with Gasteiger partial charge < -0.3 is 19.7 Å². The Hall–Kier alpha value is -3.44. The highest BCUT2D eigenvalue weighted by atomic mass is 32.2. The third-order valence-corrected chi connectivity index (χ3v) is 6.63. The van der Waals surface area contributed by atoms with Crippen molar-refractivity contribution < 1.29 is 32.3 Å². The number of ether oxygens (including phenoxy) is 2. The normalized spacial score (nSPS) is 13.7. The summed E-state index contributed by atoms with van der Waals surface area (Å²) < 4.78 is 36.2. The van der Waals surface area contributed by atoms with Gasteiger partial charge in [-0.15, -0.1) is 0 Å². The highest BCUT2D eigenvalue weighted by molar-refractivity contribution is 7.92. The number of esters is 1. The molecule has 0 unspecified atom stereocenters. The molecule has 10 nitrogen and oxygen atoms in total. The Morgan fingerprint density at radius 3 is 2.34 bits per heavy atom. The molecule has 2 amide bonds. The molecule has 0 aliphatic carbocycles. The number of anilines is 2. The Kier molecular flexibility index (Phi) is 8.47. The van der Waals surface area contributed by atoms with Crippen LogP contribution in [0.5, 0.6) is 0 Å². The SMILES string of the molecule is CCOC(=O)c1cccc(NC(=O)CN(c2ccc(C(=O)N3CCOCC3)cc2)S(C)(=O)=O)c1C. The van der Waals surface area contributed by atoms with Crippen LogP contribution in [0.4, 0.5) is 11.4 Å². The van der Waals surface area contributed by atoms with Gasteiger partial charge in [-0.1, -0.05) is 6.07 Å². The molecule has 0 radical (unpaired) electrons. The first-order valence-corrected chi connectivity index (χ1v) is 13.0. The number of nitrogens with one attached hydrogen (secondary N) is 1. The molecule has 35 heavy (non-hydrogen) atoms. The second-order valence-electron chi connectivity index (χ2n) is 7.97. The zero-order chi connectivity index (χ0) is 25.6. The van der Waals surface area contributed by atoms with E-state index in [4.69, 9.17) is 9.47 Å². The molecule has 0 atom stereocenters. The summed E-state index contributed by atoms with van der Waals surface area (Å²) in [5.41, 5.74) is 1.86. The highest BCUT2D eigenvalue weighted by Gasteiger charge is 2.23. The van der Waals surface area contributed by atoms with E-state index in [1.54, 1.807) is 36.9 Å². The second-order valence-corrected chi connectivity index (χ2v) is 9.87. The molecule has 1 saturated heterocycles. The summed E-state index contributed by atoms with van der Waals surface area (Å²) in [4.78, 5) is 39.2. The van der Waals surface area contributed by atoms with E-state index in [0.717, 1.165) is 10.6 Å². The maximum atomic E-state index is 12.8. The number of benzene rings is 2. The minimum atomic E-state index is -3.81. The van der Waals surface area contributed by atoms with Gasteiger partial charge in [0.2, 0.25) is 15.9 Å². The summed E-state index contributed by atoms with van der Waals surface area (Å²) in [5, 5.41) is 2.67. The number of amides is 2. The Labute approximate surface area is 204 Å². The molecule has 1 N–H and O–H groups in total. The maximum absolute atomic E-state index is 12.8. The van der Waals surface area contributed by atoms with E-state index in [9.17, 15) is 22.8 Å². The summed E-state index contributed by atoms with van der Waals surface area (Å²) in [6.07, 6.45) is 1.000. The molecule has 0 saturated carbocycles. The molecule has 2 aromatic rings. The monoisotopic (exact) mass is 503 g/mol. The zero-order valence-corrected chi connectivity index (χ0v) is 20.8. The van der Waals surface area contributed by atoms with E-state index >= 15 is 0 Å². The molecular formula is C24H29N3O7S. The van der Waals surface area contributed by atoms with Crippen LogP contribution in [0.25, 0.3) is 0 Å². The molecule has 188 valence electrons. The van der Waals surface area contributed by atoms with Crippen molar-refractivity contribution in [2.45, 2.75) is 13.8 Å². The first-order valence-electron chi connectivity index (χ1n) is 11.1. The second kappa shape index (κ2) is 11.3. The number of sulfonamides is 1. The number of hydrogen-bond donors (Lipinski definition) is 1. The smallest absolute Gasteiger partial charge is 0.338 e. The van der Waals surface area contributed by atoms with Crippen LogP contribution >= 0.6 is 0 Å². The van der Waals surface area contributed by atoms with Gasteiger partial charge in [-0.2, -0.15) is 0 Å². The van der Waals surface area contributed by atoms with Crippen molar-refractivity contribution >= 4 is 39.2 Å². The summed E-state index contributed by atoms with van der Waals surface area (Å²) in [7, 11) is -3.81. The van der Waals surface area contributed by atoms with Gasteiger partial charge in [-0.3, -0.25) is 13.9 Å². The van der Waals surface area contributed by atoms with Crippen molar-refractivity contribution in [2.24, 2.45) is 0 Å². The maximum Gasteiger partial charge on any atom is 0.338 e. The third-order valence-electron chi connectivity index (χ3n) is 5.49. The highest BCUT2D eigenvalue weighted by Crippen LogP contribution is 2.22. The van der Waals surface area contributed by atoms with Crippen LogP contribution in [0.2, 0.25) is 0 Å². The summed E-state index contributed by atoms with van der Waals surface area (Å²) in [5.74, 6) is -1.26. The van der Waals surface area contributed by atoms with Gasteiger partial charge in [0.15, 0.2) is 0 Å². The molecule has 1 heterocycles. The predicted octanol–water partition coefficient (Wildman–Crippen LogP) is 2.05. The molecule has 1 aliphatic rings. The summed E-state index contributed by atoms with van der Waals surface area (Å²) >= 11 is 0. The van der Waals surface area contributed by atoms with Crippen molar-refractivity contribution in [2.75, 3.05) is 55.3 Å². The minimum absolute atomic E-state index is 0.166. The van der Waals surface area contributed by atoms with Crippen LogP contribution in [-0.2, 0) is 24.3 Å². The van der Waals surface area contributed by atoms with Gasteiger partial charge in [0.05, 0.1) is 37.3 Å². The average Bonchev–Trinajstić information content (AvgIpc) is 2.83. The van der Waals surface area contributed by atoms with Crippen molar-refractivity contribution in [3.63, 3.8) is 0 Å². The predicted molar refractivity (Wildman–Crippen MR) is 131 cm³/mol. The number of carbonyl (C=O) groups excluding carboxylic acids is 3. The lowest BCUT2D eigenvalue weighted by Crippen LogP contribution is -2.40. The molecule has 1 aliphatic heterocycles. The molecule has 1 fully saturated rings. The summed E-state index contributed by atoms with van der Waals surface area (Å²) in [6.45, 7) is 5.03. The number of carbonyl (C=O) groups is 3. The van der Waals surface area contributed by atoms with Crippen LogP contribution in [0.3, 0.4) is 0 Å². The number of nitrogens with zero attached hydrogens (tertiary/aromatic N) is 2. The van der Waals surface area contributed by atoms with Crippen LogP contribution in [0.1, 0.15) is 33.2 Å². The first-order chi connectivity index (χ1) is 16.6. The summed E-state index contributed by atoms with van der Waals surface area (Å²) in [6, 6.07) is 10.9. The fraction of sp³-hybridized carbons (Fsp3) is 0.375. The lowest BCUT2D eigenvalue weighted by atomic mass is 10.1. The topological polar surface area (TPSA) is 122 Å².